The van der Waals surface area contributed by atoms with Crippen molar-refractivity contribution in [3.8, 4) is 0 Å². The number of hydrogen-bond donors (Lipinski definition) is 1. The van der Waals surface area contributed by atoms with Crippen LogP contribution in [0, 0.1) is 5.92 Å². The summed E-state index contributed by atoms with van der Waals surface area (Å²) in [6.07, 6.45) is 3.55. The largest absolute Gasteiger partial charge is 0.330 e. The van der Waals surface area contributed by atoms with E-state index in [9.17, 15) is 0 Å². The van der Waals surface area contributed by atoms with Gasteiger partial charge in [-0.15, -0.1) is 0 Å². The lowest BCUT2D eigenvalue weighted by atomic mass is 10.2. The Balaban J connectivity index is 2.20. The molecule has 0 aliphatic rings. The van der Waals surface area contributed by atoms with Gasteiger partial charge in [-0.05, 0) is 24.3 Å². The molecule has 0 bridgehead atoms. The molecule has 0 aliphatic carbocycles. The average molecular weight is 197 g/mol. The molecule has 0 aromatic carbocycles. The molecule has 0 radical (unpaired) electrons. The molecule has 1 aromatic rings. The van der Waals surface area contributed by atoms with Gasteiger partial charge in [0, 0.05) is 12.4 Å². The van der Waals surface area contributed by atoms with Gasteiger partial charge in [-0.3, -0.25) is 0 Å². The number of nitrogens with zero attached hydrogens (tertiary/aromatic N) is 2. The van der Waals surface area contributed by atoms with Crippen molar-refractivity contribution in [2.45, 2.75) is 12.7 Å². The van der Waals surface area contributed by atoms with Gasteiger partial charge in [-0.25, -0.2) is 9.97 Å². The number of thioether (sulfide) groups is 1. The van der Waals surface area contributed by atoms with E-state index in [1.807, 2.05) is 17.8 Å². The molecule has 0 saturated carbocycles. The molecule has 1 aromatic heterocycles. The van der Waals surface area contributed by atoms with Gasteiger partial charge in [0.15, 0.2) is 0 Å². The fraction of sp³-hybridized carbons (Fsp3) is 0.556. The smallest absolute Gasteiger partial charge is 0.138 e. The zero-order chi connectivity index (χ0) is 9.52. The van der Waals surface area contributed by atoms with E-state index in [1.165, 1.54) is 0 Å². The van der Waals surface area contributed by atoms with Crippen molar-refractivity contribution < 1.29 is 0 Å². The van der Waals surface area contributed by atoms with E-state index in [4.69, 9.17) is 5.73 Å². The van der Waals surface area contributed by atoms with Crippen LogP contribution < -0.4 is 5.73 Å². The first-order chi connectivity index (χ1) is 6.33. The van der Waals surface area contributed by atoms with Gasteiger partial charge in [0.1, 0.15) is 5.82 Å². The lowest BCUT2D eigenvalue weighted by Gasteiger charge is -2.06. The van der Waals surface area contributed by atoms with Crippen molar-refractivity contribution in [3.05, 3.63) is 24.3 Å². The first-order valence-electron chi connectivity index (χ1n) is 4.36. The quantitative estimate of drug-likeness (QED) is 0.773. The summed E-state index contributed by atoms with van der Waals surface area (Å²) in [7, 11) is 0. The van der Waals surface area contributed by atoms with Crippen LogP contribution in [-0.4, -0.2) is 22.3 Å². The maximum absolute atomic E-state index is 5.51. The molecule has 0 fully saturated rings. The molecule has 0 amide bonds. The van der Waals surface area contributed by atoms with E-state index >= 15 is 0 Å². The van der Waals surface area contributed by atoms with Crippen molar-refractivity contribution in [3.63, 3.8) is 0 Å². The van der Waals surface area contributed by atoms with Crippen LogP contribution in [-0.2, 0) is 5.75 Å². The minimum atomic E-state index is 0.578. The van der Waals surface area contributed by atoms with Gasteiger partial charge in [0.25, 0.3) is 0 Å². The van der Waals surface area contributed by atoms with Gasteiger partial charge in [0.05, 0.1) is 5.75 Å². The average Bonchev–Trinajstić information content (AvgIpc) is 2.19. The monoisotopic (exact) mass is 197 g/mol. The number of aromatic nitrogens is 2. The Bertz CT molecular complexity index is 228. The molecule has 1 atom stereocenters. The van der Waals surface area contributed by atoms with E-state index in [2.05, 4.69) is 16.9 Å². The number of hydrogen-bond acceptors (Lipinski definition) is 4. The lowest BCUT2D eigenvalue weighted by molar-refractivity contribution is 0.675. The van der Waals surface area contributed by atoms with Crippen molar-refractivity contribution in [1.82, 2.24) is 9.97 Å². The summed E-state index contributed by atoms with van der Waals surface area (Å²) in [5.41, 5.74) is 5.51. The Morgan fingerprint density at radius 2 is 2.15 bits per heavy atom. The first-order valence-corrected chi connectivity index (χ1v) is 5.52. The Kier molecular flexibility index (Phi) is 4.78. The molecule has 0 saturated heterocycles. The van der Waals surface area contributed by atoms with E-state index in [1.54, 1.807) is 12.4 Å². The summed E-state index contributed by atoms with van der Waals surface area (Å²) >= 11 is 1.83. The lowest BCUT2D eigenvalue weighted by Crippen LogP contribution is -2.12. The molecular formula is C9H15N3S. The van der Waals surface area contributed by atoms with Crippen molar-refractivity contribution >= 4 is 11.8 Å². The third kappa shape index (κ3) is 4.24. The van der Waals surface area contributed by atoms with Gasteiger partial charge in [-0.1, -0.05) is 6.92 Å². The van der Waals surface area contributed by atoms with Crippen LogP contribution in [0.25, 0.3) is 0 Å². The maximum atomic E-state index is 5.51. The fourth-order valence-electron chi connectivity index (χ4n) is 0.824. The number of nitrogens with two attached hydrogens (primary N) is 1. The molecule has 4 heteroatoms. The summed E-state index contributed by atoms with van der Waals surface area (Å²) in [6.45, 7) is 2.90. The Morgan fingerprint density at radius 1 is 1.46 bits per heavy atom. The summed E-state index contributed by atoms with van der Waals surface area (Å²) in [6, 6.07) is 1.83. The predicted octanol–water partition coefficient (Wildman–Crippen LogP) is 1.30. The molecule has 2 N–H and O–H groups in total. The Morgan fingerprint density at radius 3 is 2.77 bits per heavy atom. The van der Waals surface area contributed by atoms with Crippen LogP contribution >= 0.6 is 11.8 Å². The zero-order valence-corrected chi connectivity index (χ0v) is 8.63. The second-order valence-electron chi connectivity index (χ2n) is 3.02. The highest BCUT2D eigenvalue weighted by Crippen LogP contribution is 2.11. The third-order valence-corrected chi connectivity index (χ3v) is 2.92. The van der Waals surface area contributed by atoms with Crippen molar-refractivity contribution in [1.29, 1.82) is 0 Å². The van der Waals surface area contributed by atoms with Gasteiger partial charge in [-0.2, -0.15) is 11.8 Å². The topological polar surface area (TPSA) is 51.8 Å². The molecule has 3 nitrogen and oxygen atoms in total. The summed E-state index contributed by atoms with van der Waals surface area (Å²) in [5.74, 6) is 3.44. The van der Waals surface area contributed by atoms with Crippen molar-refractivity contribution in [2.75, 3.05) is 12.3 Å². The van der Waals surface area contributed by atoms with Gasteiger partial charge >= 0.3 is 0 Å². The first kappa shape index (κ1) is 10.5. The maximum Gasteiger partial charge on any atom is 0.138 e. The SMILES string of the molecule is CC(CN)CSCc1ncccn1. The van der Waals surface area contributed by atoms with Crippen LogP contribution in [0.2, 0.25) is 0 Å². The highest BCUT2D eigenvalue weighted by atomic mass is 32.2. The second-order valence-corrected chi connectivity index (χ2v) is 4.05. The number of rotatable bonds is 5. The van der Waals surface area contributed by atoms with E-state index in [0.717, 1.165) is 23.9 Å². The van der Waals surface area contributed by atoms with Gasteiger partial charge in [0.2, 0.25) is 0 Å². The highest BCUT2D eigenvalue weighted by Gasteiger charge is 2.00. The van der Waals surface area contributed by atoms with Gasteiger partial charge < -0.3 is 5.73 Å². The summed E-state index contributed by atoms with van der Waals surface area (Å²) < 4.78 is 0. The molecule has 13 heavy (non-hydrogen) atoms. The predicted molar refractivity (Wildman–Crippen MR) is 56.4 cm³/mol. The van der Waals surface area contributed by atoms with Crippen molar-refractivity contribution in [2.24, 2.45) is 11.7 Å². The molecular weight excluding hydrogens is 182 g/mol. The van der Waals surface area contributed by atoms with E-state index in [0.29, 0.717) is 5.92 Å². The standard InChI is InChI=1S/C9H15N3S/c1-8(5-10)6-13-7-9-11-3-2-4-12-9/h2-4,8H,5-7,10H2,1H3. The van der Waals surface area contributed by atoms with Crippen LogP contribution in [0.1, 0.15) is 12.7 Å². The summed E-state index contributed by atoms with van der Waals surface area (Å²) in [5, 5.41) is 0. The molecule has 0 spiro atoms. The molecule has 1 heterocycles. The minimum Gasteiger partial charge on any atom is -0.330 e. The second kappa shape index (κ2) is 5.94. The minimum absolute atomic E-state index is 0.578. The summed E-state index contributed by atoms with van der Waals surface area (Å²) in [4.78, 5) is 8.28. The Hall–Kier alpha value is -0.610. The molecule has 0 aliphatic heterocycles. The van der Waals surface area contributed by atoms with E-state index in [-0.39, 0.29) is 0 Å². The molecule has 1 unspecified atom stereocenters. The van der Waals surface area contributed by atoms with Crippen LogP contribution in [0.5, 0.6) is 0 Å². The normalized spacial score (nSPS) is 12.8. The fourth-order valence-corrected chi connectivity index (χ4v) is 1.81. The van der Waals surface area contributed by atoms with E-state index < -0.39 is 0 Å². The molecule has 1 rings (SSSR count). The van der Waals surface area contributed by atoms with Crippen LogP contribution in [0.15, 0.2) is 18.5 Å². The molecule has 72 valence electrons. The van der Waals surface area contributed by atoms with Crippen LogP contribution in [0.4, 0.5) is 0 Å². The third-order valence-electron chi connectivity index (χ3n) is 1.66. The highest BCUT2D eigenvalue weighted by molar-refractivity contribution is 7.98. The zero-order valence-electron chi connectivity index (χ0n) is 7.81. The Labute approximate surface area is 83.2 Å². The van der Waals surface area contributed by atoms with Crippen LogP contribution in [0.3, 0.4) is 0 Å².